The van der Waals surface area contributed by atoms with Crippen LogP contribution in [0.15, 0.2) is 34.8 Å². The van der Waals surface area contributed by atoms with Crippen molar-refractivity contribution in [2.75, 3.05) is 21.3 Å². The fourth-order valence-electron chi connectivity index (χ4n) is 2.17. The molecule has 0 aliphatic carbocycles. The molecule has 2 rings (SSSR count). The summed E-state index contributed by atoms with van der Waals surface area (Å²) in [4.78, 5) is 21.8. The van der Waals surface area contributed by atoms with Gasteiger partial charge in [0.2, 0.25) is 11.7 Å². The van der Waals surface area contributed by atoms with Crippen LogP contribution in [-0.4, -0.2) is 32.2 Å². The second kappa shape index (κ2) is 8.56. The monoisotopic (exact) mass is 362 g/mol. The minimum absolute atomic E-state index is 0.208. The van der Waals surface area contributed by atoms with Crippen molar-refractivity contribution < 1.29 is 28.3 Å². The number of benzene rings is 1. The number of carbonyl (C=O) groups excluding carboxylic acids is 1. The summed E-state index contributed by atoms with van der Waals surface area (Å²) in [5.41, 5.74) is 0.745. The van der Waals surface area contributed by atoms with Gasteiger partial charge in [-0.05, 0) is 29.8 Å². The van der Waals surface area contributed by atoms with Crippen molar-refractivity contribution in [1.29, 1.82) is 0 Å². The summed E-state index contributed by atoms with van der Waals surface area (Å²) in [6.07, 6.45) is 2.57. The van der Waals surface area contributed by atoms with Gasteiger partial charge in [-0.15, -0.1) is 0 Å². The van der Waals surface area contributed by atoms with Crippen LogP contribution in [0.1, 0.15) is 11.3 Å². The summed E-state index contributed by atoms with van der Waals surface area (Å²) >= 11 is 0. The Labute approximate surface area is 149 Å². The van der Waals surface area contributed by atoms with Gasteiger partial charge in [-0.3, -0.25) is 14.9 Å². The van der Waals surface area contributed by atoms with Crippen LogP contribution in [0.3, 0.4) is 0 Å². The number of amides is 1. The van der Waals surface area contributed by atoms with Crippen molar-refractivity contribution in [2.24, 2.45) is 0 Å². The van der Waals surface area contributed by atoms with E-state index in [0.717, 1.165) is 5.56 Å². The van der Waals surface area contributed by atoms with Crippen molar-refractivity contribution in [3.63, 3.8) is 0 Å². The molecule has 1 heterocycles. The molecule has 0 bridgehead atoms. The second-order valence-electron chi connectivity index (χ2n) is 5.02. The van der Waals surface area contributed by atoms with Gasteiger partial charge in [0.25, 0.3) is 0 Å². The summed E-state index contributed by atoms with van der Waals surface area (Å²) in [6.45, 7) is 0.220. The molecule has 0 fully saturated rings. The van der Waals surface area contributed by atoms with Crippen LogP contribution >= 0.6 is 0 Å². The second-order valence-corrected chi connectivity index (χ2v) is 5.02. The van der Waals surface area contributed by atoms with Crippen molar-refractivity contribution in [1.82, 2.24) is 5.32 Å². The molecule has 1 N–H and O–H groups in total. The maximum absolute atomic E-state index is 11.9. The number of hydrogen-bond donors (Lipinski definition) is 1. The predicted octanol–water partition coefficient (Wildman–Crippen LogP) is 2.54. The van der Waals surface area contributed by atoms with Crippen LogP contribution in [0, 0.1) is 10.1 Å². The summed E-state index contributed by atoms with van der Waals surface area (Å²) in [5, 5.41) is 13.2. The lowest BCUT2D eigenvalue weighted by molar-refractivity contribution is -0.402. The number of hydrogen-bond acceptors (Lipinski definition) is 7. The summed E-state index contributed by atoms with van der Waals surface area (Å²) < 4.78 is 20.7. The Bertz CT molecular complexity index is 801. The molecule has 138 valence electrons. The van der Waals surface area contributed by atoms with E-state index in [1.807, 2.05) is 0 Å². The average Bonchev–Trinajstić information content (AvgIpc) is 3.13. The Balaban J connectivity index is 2.02. The van der Waals surface area contributed by atoms with Crippen LogP contribution in [0.25, 0.3) is 6.08 Å². The zero-order valence-corrected chi connectivity index (χ0v) is 14.5. The quantitative estimate of drug-likeness (QED) is 0.436. The minimum Gasteiger partial charge on any atom is -0.493 e. The van der Waals surface area contributed by atoms with Crippen molar-refractivity contribution in [3.05, 3.63) is 51.8 Å². The van der Waals surface area contributed by atoms with Gasteiger partial charge < -0.3 is 23.9 Å². The summed E-state index contributed by atoms with van der Waals surface area (Å²) in [5.74, 6) is 0.855. The molecule has 0 aliphatic rings. The number of nitro groups is 1. The van der Waals surface area contributed by atoms with Crippen molar-refractivity contribution >= 4 is 17.9 Å². The van der Waals surface area contributed by atoms with Gasteiger partial charge in [0.05, 0.1) is 27.4 Å². The number of ether oxygens (including phenoxy) is 3. The van der Waals surface area contributed by atoms with E-state index in [1.165, 1.54) is 45.6 Å². The third-order valence-electron chi connectivity index (χ3n) is 3.38. The topological polar surface area (TPSA) is 113 Å². The molecule has 0 atom stereocenters. The van der Waals surface area contributed by atoms with Gasteiger partial charge in [0, 0.05) is 12.6 Å². The van der Waals surface area contributed by atoms with Gasteiger partial charge in [0.1, 0.15) is 10.7 Å². The molecule has 0 radical (unpaired) electrons. The molecule has 1 amide bonds. The van der Waals surface area contributed by atoms with E-state index in [4.69, 9.17) is 18.6 Å². The van der Waals surface area contributed by atoms with Gasteiger partial charge >= 0.3 is 5.88 Å². The molecule has 1 aromatic carbocycles. The third-order valence-corrected chi connectivity index (χ3v) is 3.38. The maximum atomic E-state index is 11.9. The average molecular weight is 362 g/mol. The lowest BCUT2D eigenvalue weighted by atomic mass is 10.1. The van der Waals surface area contributed by atoms with Crippen molar-refractivity contribution in [2.45, 2.75) is 6.54 Å². The van der Waals surface area contributed by atoms with E-state index in [-0.39, 0.29) is 18.2 Å². The Morgan fingerprint density at radius 3 is 2.35 bits per heavy atom. The molecule has 1 aromatic heterocycles. The lowest BCUT2D eigenvalue weighted by Crippen LogP contribution is -2.20. The lowest BCUT2D eigenvalue weighted by Gasteiger charge is -2.14. The number of carbonyl (C=O) groups is 1. The van der Waals surface area contributed by atoms with Crippen molar-refractivity contribution in [3.8, 4) is 17.2 Å². The van der Waals surface area contributed by atoms with Gasteiger partial charge in [-0.25, -0.2) is 0 Å². The number of nitrogens with one attached hydrogen (secondary N) is 1. The van der Waals surface area contributed by atoms with Gasteiger partial charge in [-0.2, -0.15) is 0 Å². The highest BCUT2D eigenvalue weighted by molar-refractivity contribution is 5.91. The zero-order valence-electron chi connectivity index (χ0n) is 14.5. The number of rotatable bonds is 8. The Morgan fingerprint density at radius 1 is 1.19 bits per heavy atom. The molecule has 26 heavy (non-hydrogen) atoms. The maximum Gasteiger partial charge on any atom is 0.433 e. The highest BCUT2D eigenvalue weighted by Gasteiger charge is 2.13. The first-order chi connectivity index (χ1) is 12.5. The van der Waals surface area contributed by atoms with Crippen LogP contribution in [0.2, 0.25) is 0 Å². The van der Waals surface area contributed by atoms with Crippen LogP contribution in [0.4, 0.5) is 5.88 Å². The van der Waals surface area contributed by atoms with E-state index in [9.17, 15) is 14.9 Å². The van der Waals surface area contributed by atoms with Crippen LogP contribution in [0.5, 0.6) is 17.2 Å². The van der Waals surface area contributed by atoms with E-state index >= 15 is 0 Å². The van der Waals surface area contributed by atoms with Gasteiger partial charge in [0.15, 0.2) is 11.5 Å². The molecular formula is C17H18N2O7. The molecule has 0 unspecified atom stereocenters. The number of furan rings is 1. The summed E-state index contributed by atoms with van der Waals surface area (Å²) in [6, 6.07) is 6.07. The largest absolute Gasteiger partial charge is 0.493 e. The Kier molecular flexibility index (Phi) is 6.20. The first kappa shape index (κ1) is 18.8. The normalized spacial score (nSPS) is 10.6. The summed E-state index contributed by atoms with van der Waals surface area (Å²) in [7, 11) is 4.52. The first-order valence-electron chi connectivity index (χ1n) is 7.47. The molecule has 0 spiro atoms. The van der Waals surface area contributed by atoms with E-state index in [2.05, 4.69) is 5.32 Å². The van der Waals surface area contributed by atoms with Crippen LogP contribution < -0.4 is 19.5 Å². The van der Waals surface area contributed by atoms with Crippen LogP contribution in [-0.2, 0) is 11.3 Å². The SMILES string of the molecule is COc1cc(CNC(=O)/C=C/c2ccc([N+](=O)[O-])o2)cc(OC)c1OC. The predicted molar refractivity (Wildman–Crippen MR) is 92.3 cm³/mol. The highest BCUT2D eigenvalue weighted by atomic mass is 16.6. The molecule has 0 saturated heterocycles. The van der Waals surface area contributed by atoms with E-state index in [0.29, 0.717) is 17.2 Å². The Hall–Kier alpha value is -3.49. The van der Waals surface area contributed by atoms with Gasteiger partial charge in [-0.1, -0.05) is 0 Å². The molecule has 2 aromatic rings. The molecule has 0 aliphatic heterocycles. The smallest absolute Gasteiger partial charge is 0.433 e. The van der Waals surface area contributed by atoms with E-state index < -0.39 is 10.8 Å². The number of nitrogens with zero attached hydrogens (tertiary/aromatic N) is 1. The molecule has 0 saturated carbocycles. The highest BCUT2D eigenvalue weighted by Crippen LogP contribution is 2.38. The zero-order chi connectivity index (χ0) is 19.1. The fraction of sp³-hybridized carbons (Fsp3) is 0.235. The first-order valence-corrected chi connectivity index (χ1v) is 7.47. The van der Waals surface area contributed by atoms with E-state index in [1.54, 1.807) is 12.1 Å². The third kappa shape index (κ3) is 4.53. The minimum atomic E-state index is -0.651. The standard InChI is InChI=1S/C17H18N2O7/c1-23-13-8-11(9-14(24-2)17(13)25-3)10-18-15(20)6-4-12-5-7-16(26-12)19(21)22/h4-9H,10H2,1-3H3,(H,18,20)/b6-4+. The molecular weight excluding hydrogens is 344 g/mol. The molecule has 9 heteroatoms. The molecule has 9 nitrogen and oxygen atoms in total. The fourth-order valence-corrected chi connectivity index (χ4v) is 2.17. The number of methoxy groups -OCH3 is 3. The Morgan fingerprint density at radius 2 is 1.85 bits per heavy atom.